The van der Waals surface area contributed by atoms with E-state index in [1.54, 1.807) is 6.07 Å². The van der Waals surface area contributed by atoms with Crippen molar-refractivity contribution in [3.05, 3.63) is 53.6 Å². The molecule has 0 bridgehead atoms. The van der Waals surface area contributed by atoms with E-state index in [2.05, 4.69) is 19.1 Å². The highest BCUT2D eigenvalue weighted by atomic mass is 32.2. The molecule has 0 aliphatic rings. The summed E-state index contributed by atoms with van der Waals surface area (Å²) in [6, 6.07) is 12.9. The molecule has 0 amide bonds. The van der Waals surface area contributed by atoms with Crippen LogP contribution in [0, 0.1) is 0 Å². The van der Waals surface area contributed by atoms with Gasteiger partial charge in [-0.25, -0.2) is 8.42 Å². The summed E-state index contributed by atoms with van der Waals surface area (Å²) in [4.78, 5) is -0.160. The van der Waals surface area contributed by atoms with Crippen LogP contribution in [0.3, 0.4) is 0 Å². The molecule has 0 aliphatic heterocycles. The van der Waals surface area contributed by atoms with Crippen LogP contribution in [0.1, 0.15) is 25.0 Å². The second-order valence-corrected chi connectivity index (χ2v) is 6.75. The topological polar surface area (TPSA) is 57.2 Å². The number of benzene rings is 3. The number of hydrogen-bond donors (Lipinski definition) is 0. The molecule has 3 nitrogen and oxygen atoms in total. The van der Waals surface area contributed by atoms with Gasteiger partial charge in [0.05, 0.1) is 4.90 Å². The van der Waals surface area contributed by atoms with E-state index >= 15 is 0 Å². The lowest BCUT2D eigenvalue weighted by Crippen LogP contribution is -2.00. The van der Waals surface area contributed by atoms with Crippen LogP contribution in [-0.2, 0) is 23.0 Å². The van der Waals surface area contributed by atoms with Crippen molar-refractivity contribution in [1.29, 1.82) is 0 Å². The largest absolute Gasteiger partial charge is 0.744 e. The molecule has 114 valence electrons. The van der Waals surface area contributed by atoms with Gasteiger partial charge in [0, 0.05) is 0 Å². The monoisotopic (exact) mass is 313 g/mol. The SMILES string of the molecule is CCc1c2ccccc2c(CC)c2cc(S(=O)(=O)[O-])ccc12. The molecule has 0 N–H and O–H groups in total. The molecule has 0 aliphatic carbocycles. The molecule has 0 heterocycles. The fourth-order valence-electron chi connectivity index (χ4n) is 3.25. The van der Waals surface area contributed by atoms with Crippen LogP contribution < -0.4 is 0 Å². The minimum Gasteiger partial charge on any atom is -0.744 e. The summed E-state index contributed by atoms with van der Waals surface area (Å²) in [5, 5.41) is 4.24. The highest BCUT2D eigenvalue weighted by molar-refractivity contribution is 7.85. The van der Waals surface area contributed by atoms with Crippen LogP contribution in [0.15, 0.2) is 47.4 Å². The molecule has 0 radical (unpaired) electrons. The maximum absolute atomic E-state index is 11.3. The van der Waals surface area contributed by atoms with Gasteiger partial charge < -0.3 is 4.55 Å². The molecule has 3 aromatic carbocycles. The Hall–Kier alpha value is -1.91. The zero-order valence-electron chi connectivity index (χ0n) is 12.6. The average molecular weight is 313 g/mol. The van der Waals surface area contributed by atoms with E-state index in [1.165, 1.54) is 23.1 Å². The van der Waals surface area contributed by atoms with Gasteiger partial charge in [-0.2, -0.15) is 0 Å². The predicted octanol–water partition coefficient (Wildman–Crippen LogP) is 4.02. The molecule has 0 spiro atoms. The molecule has 0 saturated carbocycles. The Balaban J connectivity index is 2.56. The zero-order valence-corrected chi connectivity index (χ0v) is 13.4. The van der Waals surface area contributed by atoms with Crippen molar-refractivity contribution >= 4 is 31.7 Å². The Morgan fingerprint density at radius 3 is 1.82 bits per heavy atom. The molecule has 0 saturated heterocycles. The highest BCUT2D eigenvalue weighted by Crippen LogP contribution is 2.34. The van der Waals surface area contributed by atoms with Crippen molar-refractivity contribution in [2.45, 2.75) is 31.6 Å². The van der Waals surface area contributed by atoms with Gasteiger partial charge >= 0.3 is 0 Å². The Bertz CT molecular complexity index is 972. The third kappa shape index (κ3) is 2.28. The maximum atomic E-state index is 11.3. The van der Waals surface area contributed by atoms with Gasteiger partial charge in [-0.1, -0.05) is 44.2 Å². The second kappa shape index (κ2) is 5.38. The molecule has 0 aromatic heterocycles. The van der Waals surface area contributed by atoms with Crippen LogP contribution in [0.25, 0.3) is 21.5 Å². The van der Waals surface area contributed by atoms with E-state index < -0.39 is 10.1 Å². The number of aryl methyl sites for hydroxylation is 2. The fourth-order valence-corrected chi connectivity index (χ4v) is 3.75. The van der Waals surface area contributed by atoms with E-state index in [9.17, 15) is 13.0 Å². The first-order valence-corrected chi connectivity index (χ1v) is 8.80. The first-order chi connectivity index (χ1) is 10.5. The fraction of sp³-hybridized carbons (Fsp3) is 0.222. The Labute approximate surface area is 130 Å². The van der Waals surface area contributed by atoms with Crippen molar-refractivity contribution in [3.63, 3.8) is 0 Å². The van der Waals surface area contributed by atoms with Crippen molar-refractivity contribution in [2.75, 3.05) is 0 Å². The molecule has 4 heteroatoms. The van der Waals surface area contributed by atoms with Gasteiger partial charge in [0.25, 0.3) is 0 Å². The molecule has 22 heavy (non-hydrogen) atoms. The number of rotatable bonds is 3. The number of fused-ring (bicyclic) bond motifs is 2. The molecule has 3 aromatic rings. The lowest BCUT2D eigenvalue weighted by Gasteiger charge is -2.17. The van der Waals surface area contributed by atoms with Crippen LogP contribution in [0.2, 0.25) is 0 Å². The van der Waals surface area contributed by atoms with E-state index in [0.29, 0.717) is 0 Å². The number of hydrogen-bond acceptors (Lipinski definition) is 3. The van der Waals surface area contributed by atoms with Crippen molar-refractivity contribution < 1.29 is 13.0 Å². The first kappa shape index (κ1) is 15.0. The Morgan fingerprint density at radius 1 is 0.818 bits per heavy atom. The Kier molecular flexibility index (Phi) is 3.67. The van der Waals surface area contributed by atoms with Gasteiger partial charge in [-0.3, -0.25) is 0 Å². The van der Waals surface area contributed by atoms with Crippen LogP contribution in [-0.4, -0.2) is 13.0 Å². The van der Waals surface area contributed by atoms with Gasteiger partial charge in [-0.05, 0) is 57.6 Å². The van der Waals surface area contributed by atoms with Gasteiger partial charge in [0.1, 0.15) is 10.1 Å². The van der Waals surface area contributed by atoms with E-state index in [1.807, 2.05) is 19.1 Å². The summed E-state index contributed by atoms with van der Waals surface area (Å²) in [6.07, 6.45) is 1.63. The zero-order chi connectivity index (χ0) is 15.9. The summed E-state index contributed by atoms with van der Waals surface area (Å²) in [6.45, 7) is 4.14. The van der Waals surface area contributed by atoms with Gasteiger partial charge in [0.15, 0.2) is 0 Å². The minimum atomic E-state index is -4.44. The average Bonchev–Trinajstić information content (AvgIpc) is 2.51. The molecular weight excluding hydrogens is 296 g/mol. The highest BCUT2D eigenvalue weighted by Gasteiger charge is 2.13. The van der Waals surface area contributed by atoms with Crippen LogP contribution in [0.5, 0.6) is 0 Å². The standard InChI is InChI=1S/C18H18O3S/c1-3-13-15-7-5-6-8-16(15)14(4-2)18-11-12(22(19,20)21)9-10-17(13)18/h5-11H,3-4H2,1-2H3,(H,19,20,21)/p-1. The third-order valence-corrected chi connectivity index (χ3v) is 5.05. The van der Waals surface area contributed by atoms with E-state index in [0.717, 1.165) is 34.6 Å². The summed E-state index contributed by atoms with van der Waals surface area (Å²) in [5.41, 5.74) is 2.28. The summed E-state index contributed by atoms with van der Waals surface area (Å²) in [7, 11) is -4.44. The van der Waals surface area contributed by atoms with Gasteiger partial charge in [-0.15, -0.1) is 0 Å². The third-order valence-electron chi connectivity index (χ3n) is 4.21. The molecule has 0 fully saturated rings. The maximum Gasteiger partial charge on any atom is 0.124 e. The predicted molar refractivity (Wildman–Crippen MR) is 88.2 cm³/mol. The van der Waals surface area contributed by atoms with E-state index in [-0.39, 0.29) is 4.90 Å². The lowest BCUT2D eigenvalue weighted by molar-refractivity contribution is 0.463. The normalized spacial score (nSPS) is 12.1. The smallest absolute Gasteiger partial charge is 0.124 e. The summed E-state index contributed by atoms with van der Waals surface area (Å²) >= 11 is 0. The van der Waals surface area contributed by atoms with Crippen molar-refractivity contribution in [3.8, 4) is 0 Å². The molecular formula is C18H17O3S-. The molecule has 0 atom stereocenters. The molecule has 0 unspecified atom stereocenters. The van der Waals surface area contributed by atoms with Crippen molar-refractivity contribution in [1.82, 2.24) is 0 Å². The molecule has 3 rings (SSSR count). The summed E-state index contributed by atoms with van der Waals surface area (Å²) < 4.78 is 34.0. The second-order valence-electron chi connectivity index (χ2n) is 5.37. The Morgan fingerprint density at radius 2 is 1.32 bits per heavy atom. The quantitative estimate of drug-likeness (QED) is 0.542. The minimum absolute atomic E-state index is 0.160. The van der Waals surface area contributed by atoms with Crippen molar-refractivity contribution in [2.24, 2.45) is 0 Å². The van der Waals surface area contributed by atoms with Gasteiger partial charge in [0.2, 0.25) is 0 Å². The first-order valence-electron chi connectivity index (χ1n) is 7.39. The van der Waals surface area contributed by atoms with Crippen LogP contribution >= 0.6 is 0 Å². The summed E-state index contributed by atoms with van der Waals surface area (Å²) in [5.74, 6) is 0. The van der Waals surface area contributed by atoms with E-state index in [4.69, 9.17) is 0 Å². The van der Waals surface area contributed by atoms with Crippen LogP contribution in [0.4, 0.5) is 0 Å². The lowest BCUT2D eigenvalue weighted by atomic mass is 9.90.